The fraction of sp³-hybridized carbons (Fsp3) is 0.250. The summed E-state index contributed by atoms with van der Waals surface area (Å²) in [7, 11) is -2.63. The Balaban J connectivity index is 1.51. The molecule has 0 unspecified atom stereocenters. The van der Waals surface area contributed by atoms with Crippen LogP contribution in [0.3, 0.4) is 0 Å². The Kier molecular flexibility index (Phi) is 6.87. The summed E-state index contributed by atoms with van der Waals surface area (Å²) < 4.78 is 60.5. The molecule has 0 amide bonds. The molecule has 1 fully saturated rings. The average molecular weight is 609 g/mol. The number of ether oxygens (including phenoxy) is 1. The van der Waals surface area contributed by atoms with Crippen molar-refractivity contribution >= 4 is 58.4 Å². The quantitative estimate of drug-likeness (QED) is 0.376. The molecule has 0 bridgehead atoms. The molecule has 1 aromatic heterocycles. The number of anilines is 1. The maximum absolute atomic E-state index is 14.6. The van der Waals surface area contributed by atoms with E-state index in [1.54, 1.807) is 7.11 Å². The number of thiazole rings is 1. The highest BCUT2D eigenvalue weighted by Crippen LogP contribution is 2.35. The lowest BCUT2D eigenvalue weighted by Gasteiger charge is -2.34. The van der Waals surface area contributed by atoms with Gasteiger partial charge in [0.05, 0.1) is 21.7 Å². The maximum Gasteiger partial charge on any atom is 0.247 e. The van der Waals surface area contributed by atoms with E-state index in [-0.39, 0.29) is 17.6 Å². The molecular weight excluding hydrogens is 592 g/mol. The van der Waals surface area contributed by atoms with E-state index in [1.165, 1.54) is 11.3 Å². The molecule has 32 heavy (non-hydrogen) atoms. The van der Waals surface area contributed by atoms with Gasteiger partial charge in [-0.1, -0.05) is 12.1 Å². The second-order valence-electron chi connectivity index (χ2n) is 6.94. The number of hydrogen-bond acceptors (Lipinski definition) is 6. The topological polar surface area (TPSA) is 62.7 Å². The summed E-state index contributed by atoms with van der Waals surface area (Å²) in [5.41, 5.74) is 1.72. The lowest BCUT2D eigenvalue weighted by atomic mass is 10.2. The van der Waals surface area contributed by atoms with Crippen LogP contribution < -0.4 is 9.64 Å². The first kappa shape index (κ1) is 23.6. The van der Waals surface area contributed by atoms with Gasteiger partial charge in [-0.05, 0) is 50.1 Å². The number of aromatic nitrogens is 1. The molecule has 3 aromatic rings. The molecule has 0 aliphatic carbocycles. The van der Waals surface area contributed by atoms with Crippen molar-refractivity contribution < 1.29 is 21.9 Å². The molecule has 1 aliphatic heterocycles. The highest BCUT2D eigenvalue weighted by Gasteiger charge is 2.35. The number of halogens is 4. The number of benzene rings is 2. The first-order chi connectivity index (χ1) is 15.2. The fourth-order valence-corrected chi connectivity index (χ4v) is 7.23. The number of nitrogens with zero attached hydrogens (tertiary/aromatic N) is 3. The third-order valence-corrected chi connectivity index (χ3v) is 9.50. The molecule has 0 N–H and O–H groups in total. The summed E-state index contributed by atoms with van der Waals surface area (Å²) in [5.74, 6) is -1.15. The number of sulfonamides is 1. The van der Waals surface area contributed by atoms with Crippen molar-refractivity contribution in [3.63, 3.8) is 0 Å². The van der Waals surface area contributed by atoms with Crippen LogP contribution in [0.25, 0.3) is 11.3 Å². The molecule has 1 saturated heterocycles. The molecule has 2 heterocycles. The largest absolute Gasteiger partial charge is 0.497 e. The summed E-state index contributed by atoms with van der Waals surface area (Å²) >= 11 is 7.22. The molecule has 170 valence electrons. The SMILES string of the molecule is COc1cccc(-c2csc(N3CCN(S(=O)(=O)c4c(F)c(Br)cc(F)c4Br)CC3)n2)c1. The van der Waals surface area contributed by atoms with Gasteiger partial charge in [0.25, 0.3) is 0 Å². The van der Waals surface area contributed by atoms with Gasteiger partial charge in [0.2, 0.25) is 10.0 Å². The molecule has 0 radical (unpaired) electrons. The molecule has 6 nitrogen and oxygen atoms in total. The van der Waals surface area contributed by atoms with Crippen molar-refractivity contribution in [3.05, 3.63) is 56.3 Å². The third-order valence-electron chi connectivity index (χ3n) is 5.04. The molecule has 4 rings (SSSR count). The van der Waals surface area contributed by atoms with E-state index < -0.39 is 31.0 Å². The summed E-state index contributed by atoms with van der Waals surface area (Å²) in [6.07, 6.45) is 0. The monoisotopic (exact) mass is 607 g/mol. The second kappa shape index (κ2) is 9.34. The third kappa shape index (κ3) is 4.43. The Hall–Kier alpha value is -1.60. The van der Waals surface area contributed by atoms with Gasteiger partial charge >= 0.3 is 0 Å². The van der Waals surface area contributed by atoms with Crippen LogP contribution >= 0.6 is 43.2 Å². The van der Waals surface area contributed by atoms with E-state index in [0.717, 1.165) is 32.5 Å². The highest BCUT2D eigenvalue weighted by molar-refractivity contribution is 9.11. The van der Waals surface area contributed by atoms with Gasteiger partial charge < -0.3 is 9.64 Å². The van der Waals surface area contributed by atoms with Crippen LogP contribution in [0.5, 0.6) is 5.75 Å². The predicted molar refractivity (Wildman–Crippen MR) is 127 cm³/mol. The first-order valence-corrected chi connectivity index (χ1v) is 13.3. The van der Waals surface area contributed by atoms with Crippen molar-refractivity contribution in [1.82, 2.24) is 9.29 Å². The molecule has 2 aromatic carbocycles. The molecule has 0 spiro atoms. The number of piperazine rings is 1. The van der Waals surface area contributed by atoms with Crippen molar-refractivity contribution in [3.8, 4) is 17.0 Å². The van der Waals surface area contributed by atoms with Crippen LogP contribution in [0.4, 0.5) is 13.9 Å². The Morgan fingerprint density at radius 1 is 1.12 bits per heavy atom. The summed E-state index contributed by atoms with van der Waals surface area (Å²) in [5, 5.41) is 2.70. The van der Waals surface area contributed by atoms with Crippen molar-refractivity contribution in [2.45, 2.75) is 4.90 Å². The van der Waals surface area contributed by atoms with Gasteiger partial charge in [0.15, 0.2) is 10.9 Å². The van der Waals surface area contributed by atoms with Gasteiger partial charge in [0.1, 0.15) is 16.5 Å². The van der Waals surface area contributed by atoms with E-state index in [9.17, 15) is 17.2 Å². The van der Waals surface area contributed by atoms with Crippen LogP contribution in [0.2, 0.25) is 0 Å². The van der Waals surface area contributed by atoms with Crippen LogP contribution in [-0.2, 0) is 10.0 Å². The van der Waals surface area contributed by atoms with Crippen LogP contribution in [-0.4, -0.2) is 51.0 Å². The number of methoxy groups -OCH3 is 1. The second-order valence-corrected chi connectivity index (χ2v) is 11.3. The van der Waals surface area contributed by atoms with Gasteiger partial charge in [-0.3, -0.25) is 0 Å². The van der Waals surface area contributed by atoms with Gasteiger partial charge in [0, 0.05) is 37.1 Å². The first-order valence-electron chi connectivity index (χ1n) is 9.40. The standard InChI is InChI=1S/C20H17Br2F2N3O3S2/c1-30-13-4-2-3-12(9-13)16-11-31-20(25-16)26-5-7-27(8-6-26)32(28,29)19-17(22)15(23)10-14(21)18(19)24/h2-4,9-11H,5-8H2,1H3. The Morgan fingerprint density at radius 2 is 1.84 bits per heavy atom. The van der Waals surface area contributed by atoms with E-state index >= 15 is 0 Å². The Labute approximate surface area is 205 Å². The number of hydrogen-bond donors (Lipinski definition) is 0. The van der Waals surface area contributed by atoms with Gasteiger partial charge in [-0.2, -0.15) is 4.31 Å². The van der Waals surface area contributed by atoms with E-state index in [4.69, 9.17) is 4.74 Å². The normalized spacial score (nSPS) is 15.2. The highest BCUT2D eigenvalue weighted by atomic mass is 79.9. The lowest BCUT2D eigenvalue weighted by Crippen LogP contribution is -2.48. The minimum Gasteiger partial charge on any atom is -0.497 e. The molecule has 0 saturated carbocycles. The summed E-state index contributed by atoms with van der Waals surface area (Å²) in [6, 6.07) is 8.47. The maximum atomic E-state index is 14.6. The van der Waals surface area contributed by atoms with Gasteiger partial charge in [-0.25, -0.2) is 22.2 Å². The zero-order valence-corrected chi connectivity index (χ0v) is 21.5. The fourth-order valence-electron chi connectivity index (χ4n) is 3.35. The summed E-state index contributed by atoms with van der Waals surface area (Å²) in [4.78, 5) is 5.95. The Morgan fingerprint density at radius 3 is 2.53 bits per heavy atom. The Bertz CT molecular complexity index is 1240. The van der Waals surface area contributed by atoms with E-state index in [2.05, 4.69) is 36.8 Å². The number of rotatable bonds is 5. The molecule has 0 atom stereocenters. The zero-order valence-electron chi connectivity index (χ0n) is 16.7. The predicted octanol–water partition coefficient (Wildman–Crippen LogP) is 5.13. The van der Waals surface area contributed by atoms with Gasteiger partial charge in [-0.15, -0.1) is 11.3 Å². The summed E-state index contributed by atoms with van der Waals surface area (Å²) in [6.45, 7) is 0.993. The van der Waals surface area contributed by atoms with Crippen molar-refractivity contribution in [2.24, 2.45) is 0 Å². The van der Waals surface area contributed by atoms with Crippen molar-refractivity contribution in [1.29, 1.82) is 0 Å². The minimum atomic E-state index is -4.24. The van der Waals surface area contributed by atoms with Crippen LogP contribution in [0.1, 0.15) is 0 Å². The smallest absolute Gasteiger partial charge is 0.247 e. The zero-order chi connectivity index (χ0) is 23.0. The molecular formula is C20H17Br2F2N3O3S2. The van der Waals surface area contributed by atoms with E-state index in [1.807, 2.05) is 34.5 Å². The minimum absolute atomic E-state index is 0.121. The molecule has 1 aliphatic rings. The van der Waals surface area contributed by atoms with Crippen LogP contribution in [0, 0.1) is 11.6 Å². The molecule has 12 heteroatoms. The van der Waals surface area contributed by atoms with Crippen molar-refractivity contribution in [2.75, 3.05) is 38.2 Å². The average Bonchev–Trinajstić information content (AvgIpc) is 3.28. The van der Waals surface area contributed by atoms with Crippen LogP contribution in [0.15, 0.2) is 49.6 Å². The van der Waals surface area contributed by atoms with E-state index in [0.29, 0.717) is 13.1 Å². The lowest BCUT2D eigenvalue weighted by molar-refractivity contribution is 0.381.